The molecule has 2 aliphatic heterocycles. The van der Waals surface area contributed by atoms with E-state index in [2.05, 4.69) is 17.1 Å². The van der Waals surface area contributed by atoms with Gasteiger partial charge in [-0.2, -0.15) is 5.26 Å². The third-order valence-electron chi connectivity index (χ3n) is 3.96. The molecule has 1 aliphatic carbocycles. The number of nitriles is 1. The molecule has 0 saturated carbocycles. The van der Waals surface area contributed by atoms with E-state index in [1.807, 2.05) is 36.7 Å². The molecule has 1 spiro atoms. The standard InChI is InChI=1S/C16H10N2O/c17-9-11-3-1-5-13-15(11)19-14-6-2-4-12-10-18-8-7-16(12,13)14/h1-6,8,10H,7H2. The molecule has 0 bridgehead atoms. The fourth-order valence-corrected chi connectivity index (χ4v) is 3.06. The Bertz CT molecular complexity index is 747. The van der Waals surface area contributed by atoms with Gasteiger partial charge in [0.15, 0.2) is 0 Å². The van der Waals surface area contributed by atoms with E-state index in [0.29, 0.717) is 11.3 Å². The lowest BCUT2D eigenvalue weighted by atomic mass is 9.69. The van der Waals surface area contributed by atoms with E-state index in [1.165, 1.54) is 0 Å². The summed E-state index contributed by atoms with van der Waals surface area (Å²) in [6.45, 7) is 0. The SMILES string of the molecule is N#Cc1cccc2c1OC1=CC=CC3=CN=CCC312. The summed E-state index contributed by atoms with van der Waals surface area (Å²) in [7, 11) is 0. The molecule has 0 radical (unpaired) electrons. The largest absolute Gasteiger partial charge is 0.459 e. The van der Waals surface area contributed by atoms with E-state index in [4.69, 9.17) is 4.74 Å². The van der Waals surface area contributed by atoms with E-state index in [0.717, 1.165) is 23.3 Å². The first-order valence-corrected chi connectivity index (χ1v) is 6.19. The minimum Gasteiger partial charge on any atom is -0.459 e. The first-order valence-electron chi connectivity index (χ1n) is 6.19. The molecule has 0 fully saturated rings. The predicted molar refractivity (Wildman–Crippen MR) is 71.9 cm³/mol. The average Bonchev–Trinajstić information content (AvgIpc) is 2.80. The third-order valence-corrected chi connectivity index (χ3v) is 3.96. The smallest absolute Gasteiger partial charge is 0.149 e. The zero-order valence-corrected chi connectivity index (χ0v) is 10.1. The Morgan fingerprint density at radius 3 is 3.21 bits per heavy atom. The molecule has 1 unspecified atom stereocenters. The number of hydrogen-bond acceptors (Lipinski definition) is 3. The van der Waals surface area contributed by atoms with Gasteiger partial charge in [-0.1, -0.05) is 24.3 Å². The molecule has 3 nitrogen and oxygen atoms in total. The van der Waals surface area contributed by atoms with Gasteiger partial charge < -0.3 is 4.74 Å². The van der Waals surface area contributed by atoms with Crippen molar-refractivity contribution in [3.05, 3.63) is 65.1 Å². The molecule has 1 atom stereocenters. The second-order valence-electron chi connectivity index (χ2n) is 4.81. The van der Waals surface area contributed by atoms with E-state index in [1.54, 1.807) is 6.07 Å². The van der Waals surface area contributed by atoms with Gasteiger partial charge in [-0.3, -0.25) is 4.99 Å². The second kappa shape index (κ2) is 3.46. The van der Waals surface area contributed by atoms with Crippen molar-refractivity contribution in [3.8, 4) is 11.8 Å². The Labute approximate surface area is 110 Å². The topological polar surface area (TPSA) is 45.4 Å². The molecule has 3 heteroatoms. The van der Waals surface area contributed by atoms with Crippen LogP contribution in [-0.2, 0) is 5.41 Å². The first kappa shape index (κ1) is 10.3. The molecule has 19 heavy (non-hydrogen) atoms. The maximum absolute atomic E-state index is 9.22. The van der Waals surface area contributed by atoms with Crippen molar-refractivity contribution in [2.45, 2.75) is 11.8 Å². The number of allylic oxidation sites excluding steroid dienone is 4. The van der Waals surface area contributed by atoms with Crippen molar-refractivity contribution < 1.29 is 4.74 Å². The molecule has 0 N–H and O–H groups in total. The van der Waals surface area contributed by atoms with Gasteiger partial charge in [0, 0.05) is 24.4 Å². The minimum atomic E-state index is -0.279. The van der Waals surface area contributed by atoms with Crippen LogP contribution in [0.3, 0.4) is 0 Å². The Hall–Kier alpha value is -2.60. The van der Waals surface area contributed by atoms with Crippen LogP contribution >= 0.6 is 0 Å². The molecular weight excluding hydrogens is 236 g/mol. The third kappa shape index (κ3) is 1.13. The van der Waals surface area contributed by atoms with Crippen LogP contribution in [0.4, 0.5) is 0 Å². The van der Waals surface area contributed by atoms with Crippen molar-refractivity contribution in [3.63, 3.8) is 0 Å². The van der Waals surface area contributed by atoms with Crippen LogP contribution in [0.25, 0.3) is 0 Å². The van der Waals surface area contributed by atoms with E-state index in [-0.39, 0.29) is 5.41 Å². The average molecular weight is 246 g/mol. The van der Waals surface area contributed by atoms with Gasteiger partial charge in [-0.15, -0.1) is 0 Å². The number of hydrogen-bond donors (Lipinski definition) is 0. The van der Waals surface area contributed by atoms with Crippen LogP contribution in [0.1, 0.15) is 17.5 Å². The molecule has 4 rings (SSSR count). The lowest BCUT2D eigenvalue weighted by Crippen LogP contribution is -2.31. The molecule has 2 heterocycles. The fraction of sp³-hybridized carbons (Fsp3) is 0.125. The van der Waals surface area contributed by atoms with Crippen LogP contribution in [0.2, 0.25) is 0 Å². The lowest BCUT2D eigenvalue weighted by Gasteiger charge is -2.32. The van der Waals surface area contributed by atoms with Crippen molar-refractivity contribution in [2.75, 3.05) is 0 Å². The Morgan fingerprint density at radius 1 is 1.37 bits per heavy atom. The second-order valence-corrected chi connectivity index (χ2v) is 4.81. The Balaban J connectivity index is 2.05. The Morgan fingerprint density at radius 2 is 2.32 bits per heavy atom. The van der Waals surface area contributed by atoms with Crippen LogP contribution in [0, 0.1) is 11.3 Å². The van der Waals surface area contributed by atoms with Gasteiger partial charge in [-0.25, -0.2) is 0 Å². The number of ether oxygens (including phenoxy) is 1. The molecule has 0 amide bonds. The van der Waals surface area contributed by atoms with Crippen molar-refractivity contribution in [2.24, 2.45) is 4.99 Å². The molecule has 0 aromatic heterocycles. The summed E-state index contributed by atoms with van der Waals surface area (Å²) in [5, 5.41) is 9.22. The van der Waals surface area contributed by atoms with Crippen molar-refractivity contribution in [1.82, 2.24) is 0 Å². The maximum Gasteiger partial charge on any atom is 0.149 e. The summed E-state index contributed by atoms with van der Waals surface area (Å²) in [6, 6.07) is 7.96. The number of para-hydroxylation sites is 1. The maximum atomic E-state index is 9.22. The number of benzene rings is 1. The molecule has 1 aromatic carbocycles. The first-order chi connectivity index (χ1) is 9.36. The highest BCUT2D eigenvalue weighted by Gasteiger charge is 2.49. The van der Waals surface area contributed by atoms with E-state index < -0.39 is 0 Å². The summed E-state index contributed by atoms with van der Waals surface area (Å²) >= 11 is 0. The summed E-state index contributed by atoms with van der Waals surface area (Å²) in [4.78, 5) is 4.25. The molecule has 90 valence electrons. The number of nitrogens with zero attached hydrogens (tertiary/aromatic N) is 2. The van der Waals surface area contributed by atoms with Crippen LogP contribution in [-0.4, -0.2) is 6.21 Å². The van der Waals surface area contributed by atoms with E-state index in [9.17, 15) is 5.26 Å². The van der Waals surface area contributed by atoms with Gasteiger partial charge in [-0.05, 0) is 17.7 Å². The predicted octanol–water partition coefficient (Wildman–Crippen LogP) is 3.00. The zero-order chi connectivity index (χ0) is 12.9. The van der Waals surface area contributed by atoms with Crippen LogP contribution < -0.4 is 4.74 Å². The Kier molecular flexibility index (Phi) is 1.88. The highest BCUT2D eigenvalue weighted by molar-refractivity contribution is 5.75. The molecule has 0 saturated heterocycles. The zero-order valence-electron chi connectivity index (χ0n) is 10.1. The van der Waals surface area contributed by atoms with Crippen molar-refractivity contribution in [1.29, 1.82) is 5.26 Å². The van der Waals surface area contributed by atoms with Gasteiger partial charge in [0.05, 0.1) is 11.0 Å². The van der Waals surface area contributed by atoms with Crippen LogP contribution in [0.5, 0.6) is 5.75 Å². The summed E-state index contributed by atoms with van der Waals surface area (Å²) < 4.78 is 5.98. The normalized spacial score (nSPS) is 25.4. The fourth-order valence-electron chi connectivity index (χ4n) is 3.06. The summed E-state index contributed by atoms with van der Waals surface area (Å²) in [5.74, 6) is 1.59. The highest BCUT2D eigenvalue weighted by Crippen LogP contribution is 2.55. The summed E-state index contributed by atoms with van der Waals surface area (Å²) in [6.07, 6.45) is 10.6. The molecule has 1 aromatic rings. The van der Waals surface area contributed by atoms with Gasteiger partial charge >= 0.3 is 0 Å². The molecule has 3 aliphatic rings. The van der Waals surface area contributed by atoms with Gasteiger partial charge in [0.2, 0.25) is 0 Å². The van der Waals surface area contributed by atoms with Gasteiger partial charge in [0.25, 0.3) is 0 Å². The molecular formula is C16H10N2O. The highest BCUT2D eigenvalue weighted by atomic mass is 16.5. The summed E-state index contributed by atoms with van der Waals surface area (Å²) in [5.41, 5.74) is 2.50. The quantitative estimate of drug-likeness (QED) is 0.706. The number of fused-ring (bicyclic) bond motifs is 1. The minimum absolute atomic E-state index is 0.279. The van der Waals surface area contributed by atoms with Gasteiger partial charge in [0.1, 0.15) is 17.6 Å². The van der Waals surface area contributed by atoms with Crippen molar-refractivity contribution >= 4 is 6.21 Å². The van der Waals surface area contributed by atoms with E-state index >= 15 is 0 Å². The number of rotatable bonds is 0. The lowest BCUT2D eigenvalue weighted by molar-refractivity contribution is 0.393. The number of aliphatic imine (C=N–C) groups is 1. The van der Waals surface area contributed by atoms with Crippen LogP contribution in [0.15, 0.2) is 59.0 Å². The monoisotopic (exact) mass is 246 g/mol.